The highest BCUT2D eigenvalue weighted by atomic mass is 35.5. The van der Waals surface area contributed by atoms with Crippen molar-refractivity contribution in [3.8, 4) is 34.4 Å². The molecule has 61 heavy (non-hydrogen) atoms. The van der Waals surface area contributed by atoms with Gasteiger partial charge in [-0.25, -0.2) is 0 Å². The van der Waals surface area contributed by atoms with Crippen molar-refractivity contribution in [2.45, 2.75) is 70.1 Å². The molecule has 328 valence electrons. The Balaban J connectivity index is 1.81. The van der Waals surface area contributed by atoms with Crippen LogP contribution in [0.15, 0.2) is 54.6 Å². The average Bonchev–Trinajstić information content (AvgIpc) is 3.24. The largest absolute Gasteiger partial charge is 0.494 e. The normalized spacial score (nSPS) is 16.7. The number of unbranched alkanes of at least 4 members (excludes halogenated alkanes) is 2. The lowest BCUT2D eigenvalue weighted by Gasteiger charge is -2.32. The van der Waals surface area contributed by atoms with E-state index >= 15 is 0 Å². The number of carbonyl (C=O) groups excluding carboxylic acids is 5. The molecule has 1 aliphatic rings. The van der Waals surface area contributed by atoms with Gasteiger partial charge in [0.1, 0.15) is 61.2 Å². The van der Waals surface area contributed by atoms with E-state index in [-0.39, 0.29) is 62.8 Å². The fraction of sp³-hybridized carbons (Fsp3) is 0.442. The van der Waals surface area contributed by atoms with Gasteiger partial charge in [-0.15, -0.1) is 0 Å². The standard InChI is InChI=1S/C43H56ClN9O8/c1-4-5-6-19-59-29-9-10-30(33(44)25-29)40(55)51-34(13-14-45)43(58)53(3)38-28-8-12-37(61-21-17-48)32(24-28)31-22-27(7-11-36(31)60-20-16-47)23-35(41(56)49-18-15-46)52-39(54)26(2)50-42(38)57/h7-12,22,24-26,34-35,38H,4-6,13-14,16-21,23,45,47-48H2,1-3H3,(H,49,56)(H,50,57)(H,51,55)(H,52,54)/t26-,34-,35-,38-/m0/s1. The zero-order chi connectivity index (χ0) is 44.5. The Morgan fingerprint density at radius 1 is 0.902 bits per heavy atom. The van der Waals surface area contributed by atoms with Crippen LogP contribution in [0.25, 0.3) is 11.1 Å². The molecule has 10 N–H and O–H groups in total. The van der Waals surface area contributed by atoms with E-state index < -0.39 is 53.7 Å². The summed E-state index contributed by atoms with van der Waals surface area (Å²) in [6.45, 7) is 4.39. The van der Waals surface area contributed by atoms with E-state index in [1.54, 1.807) is 42.5 Å². The van der Waals surface area contributed by atoms with Gasteiger partial charge in [0.2, 0.25) is 23.6 Å². The van der Waals surface area contributed by atoms with Gasteiger partial charge < -0.3 is 57.6 Å². The number of hydrogen-bond acceptors (Lipinski definition) is 12. The summed E-state index contributed by atoms with van der Waals surface area (Å²) in [6, 6.07) is 11.7. The summed E-state index contributed by atoms with van der Waals surface area (Å²) in [4.78, 5) is 70.7. The van der Waals surface area contributed by atoms with Gasteiger partial charge in [-0.2, -0.15) is 5.26 Å². The van der Waals surface area contributed by atoms with Crippen molar-refractivity contribution in [3.63, 3.8) is 0 Å². The molecule has 0 fully saturated rings. The summed E-state index contributed by atoms with van der Waals surface area (Å²) in [5, 5.41) is 19.9. The number of fused-ring (bicyclic) bond motifs is 5. The lowest BCUT2D eigenvalue weighted by molar-refractivity contribution is -0.141. The third kappa shape index (κ3) is 13.0. The number of nitrogens with zero attached hydrogens (tertiary/aromatic N) is 2. The molecule has 3 aromatic rings. The van der Waals surface area contributed by atoms with Crippen LogP contribution in [0.4, 0.5) is 0 Å². The lowest BCUT2D eigenvalue weighted by Crippen LogP contribution is -2.56. The Bertz CT molecular complexity index is 2060. The third-order valence-electron chi connectivity index (χ3n) is 9.81. The second kappa shape index (κ2) is 23.8. The number of nitrogens with one attached hydrogen (secondary N) is 4. The Morgan fingerprint density at radius 2 is 1.59 bits per heavy atom. The Labute approximate surface area is 360 Å². The number of rotatable bonds is 19. The van der Waals surface area contributed by atoms with E-state index in [9.17, 15) is 24.0 Å². The van der Waals surface area contributed by atoms with Gasteiger partial charge in [0.05, 0.1) is 23.3 Å². The van der Waals surface area contributed by atoms with E-state index in [4.69, 9.17) is 48.3 Å². The number of likely N-dealkylation sites (N-methyl/N-ethyl adjacent to an activating group) is 1. The monoisotopic (exact) mass is 861 g/mol. The maximum absolute atomic E-state index is 14.5. The highest BCUT2D eigenvalue weighted by Crippen LogP contribution is 2.40. The molecule has 0 spiro atoms. The number of benzene rings is 3. The minimum atomic E-state index is -1.40. The highest BCUT2D eigenvalue weighted by Gasteiger charge is 2.36. The Morgan fingerprint density at radius 3 is 2.23 bits per heavy atom. The van der Waals surface area contributed by atoms with Crippen molar-refractivity contribution >= 4 is 41.1 Å². The number of hydrogen-bond donors (Lipinski definition) is 7. The van der Waals surface area contributed by atoms with Gasteiger partial charge in [-0.1, -0.05) is 43.5 Å². The molecule has 0 saturated heterocycles. The molecule has 18 heteroatoms. The summed E-state index contributed by atoms with van der Waals surface area (Å²) in [7, 11) is 1.40. The predicted octanol–water partition coefficient (Wildman–Crippen LogP) is 2.08. The predicted molar refractivity (Wildman–Crippen MR) is 230 cm³/mol. The molecule has 17 nitrogen and oxygen atoms in total. The van der Waals surface area contributed by atoms with E-state index in [0.717, 1.165) is 19.3 Å². The quantitative estimate of drug-likeness (QED) is 0.0675. The van der Waals surface area contributed by atoms with Crippen molar-refractivity contribution in [1.29, 1.82) is 5.26 Å². The van der Waals surface area contributed by atoms with E-state index in [2.05, 4.69) is 28.2 Å². The summed E-state index contributed by atoms with van der Waals surface area (Å²) < 4.78 is 17.9. The van der Waals surface area contributed by atoms with Gasteiger partial charge in [0.15, 0.2) is 0 Å². The summed E-state index contributed by atoms with van der Waals surface area (Å²) >= 11 is 6.52. The number of nitriles is 1. The molecule has 4 atom stereocenters. The van der Waals surface area contributed by atoms with Crippen LogP contribution in [0.5, 0.6) is 17.2 Å². The number of ether oxygens (including phenoxy) is 3. The second-order valence-corrected chi connectivity index (χ2v) is 14.8. The molecule has 5 amide bonds. The Hall–Kier alpha value is -5.93. The number of halogens is 1. The zero-order valence-electron chi connectivity index (χ0n) is 34.8. The minimum Gasteiger partial charge on any atom is -0.494 e. The van der Waals surface area contributed by atoms with Crippen LogP contribution in [-0.2, 0) is 25.6 Å². The third-order valence-corrected chi connectivity index (χ3v) is 10.1. The lowest BCUT2D eigenvalue weighted by atomic mass is 9.93. The Kier molecular flexibility index (Phi) is 18.6. The first-order valence-corrected chi connectivity index (χ1v) is 20.6. The SMILES string of the molecule is CCCCCOc1ccc(C(=O)N[C@@H](CCN)C(=O)N(C)[C@@H]2C(=O)N[C@@H](C)C(=O)N[C@H](C(=O)NCC#N)Cc3ccc(OCCN)c(c3)-c3cc2ccc3OCCN)c(Cl)c1. The molecule has 1 heterocycles. The van der Waals surface area contributed by atoms with Gasteiger partial charge >= 0.3 is 0 Å². The van der Waals surface area contributed by atoms with Crippen molar-refractivity contribution < 1.29 is 38.2 Å². The molecule has 0 aromatic heterocycles. The number of amides is 5. The minimum absolute atomic E-state index is 0.000687. The van der Waals surface area contributed by atoms with Crippen LogP contribution in [0.3, 0.4) is 0 Å². The summed E-state index contributed by atoms with van der Waals surface area (Å²) in [5.41, 5.74) is 19.5. The average molecular weight is 862 g/mol. The molecule has 4 rings (SSSR count). The molecule has 4 bridgehead atoms. The highest BCUT2D eigenvalue weighted by molar-refractivity contribution is 6.34. The molecule has 3 aromatic carbocycles. The molecule has 0 unspecified atom stereocenters. The smallest absolute Gasteiger partial charge is 0.253 e. The molecular weight excluding hydrogens is 806 g/mol. The van der Waals surface area contributed by atoms with Crippen molar-refractivity contribution in [2.24, 2.45) is 17.2 Å². The maximum atomic E-state index is 14.5. The molecule has 0 radical (unpaired) electrons. The second-order valence-electron chi connectivity index (χ2n) is 14.4. The first-order valence-electron chi connectivity index (χ1n) is 20.3. The zero-order valence-corrected chi connectivity index (χ0v) is 35.5. The fourth-order valence-corrected chi connectivity index (χ4v) is 6.93. The first kappa shape index (κ1) is 47.7. The van der Waals surface area contributed by atoms with Crippen molar-refractivity contribution in [1.82, 2.24) is 26.2 Å². The van der Waals surface area contributed by atoms with Crippen molar-refractivity contribution in [3.05, 3.63) is 76.3 Å². The van der Waals surface area contributed by atoms with Crippen LogP contribution < -0.4 is 52.7 Å². The van der Waals surface area contributed by atoms with E-state index in [1.165, 1.54) is 31.0 Å². The van der Waals surface area contributed by atoms with Gasteiger partial charge in [-0.05, 0) is 79.9 Å². The van der Waals surface area contributed by atoms with E-state index in [1.807, 2.05) is 6.07 Å². The maximum Gasteiger partial charge on any atom is 0.253 e. The van der Waals surface area contributed by atoms with Crippen LogP contribution >= 0.6 is 11.6 Å². The molecular formula is C43H56ClN9O8. The van der Waals surface area contributed by atoms with Crippen LogP contribution in [0.2, 0.25) is 5.02 Å². The van der Waals surface area contributed by atoms with Crippen molar-refractivity contribution in [2.75, 3.05) is 53.0 Å². The van der Waals surface area contributed by atoms with Crippen LogP contribution in [0, 0.1) is 11.3 Å². The van der Waals surface area contributed by atoms with Gasteiger partial charge in [0, 0.05) is 37.7 Å². The first-order chi connectivity index (χ1) is 29.4. The van der Waals surface area contributed by atoms with E-state index in [0.29, 0.717) is 46.1 Å². The van der Waals surface area contributed by atoms with Gasteiger partial charge in [0.25, 0.3) is 5.91 Å². The van der Waals surface area contributed by atoms with Gasteiger partial charge in [-0.3, -0.25) is 24.0 Å². The number of carbonyl (C=O) groups is 5. The number of nitrogens with two attached hydrogens (primary N) is 3. The molecule has 0 saturated carbocycles. The van der Waals surface area contributed by atoms with Crippen LogP contribution in [0.1, 0.15) is 67.1 Å². The molecule has 0 aliphatic carbocycles. The molecule has 1 aliphatic heterocycles. The van der Waals surface area contributed by atoms with Crippen LogP contribution in [-0.4, -0.2) is 106 Å². The fourth-order valence-electron chi connectivity index (χ4n) is 6.68. The topological polar surface area (TPSA) is 266 Å². The summed E-state index contributed by atoms with van der Waals surface area (Å²) in [5.74, 6) is -2.14. The summed E-state index contributed by atoms with van der Waals surface area (Å²) in [6.07, 6.45) is 2.92.